The van der Waals surface area contributed by atoms with Gasteiger partial charge in [-0.05, 0) is 30.5 Å². The standard InChI is InChI=1S/C12H17FN2O2S2/c1-7(2)11(12(14)18)15-19(16,17)10-6-9(13)5-4-8(10)3/h4-7,11,15H,1-3H3,(H2,14,18). The van der Waals surface area contributed by atoms with Crippen LogP contribution in [0.15, 0.2) is 23.1 Å². The van der Waals surface area contributed by atoms with Crippen LogP contribution in [-0.4, -0.2) is 19.4 Å². The van der Waals surface area contributed by atoms with Crippen molar-refractivity contribution < 1.29 is 12.8 Å². The zero-order valence-electron chi connectivity index (χ0n) is 11.0. The molecule has 0 fully saturated rings. The van der Waals surface area contributed by atoms with E-state index >= 15 is 0 Å². The van der Waals surface area contributed by atoms with E-state index in [2.05, 4.69) is 4.72 Å². The number of sulfonamides is 1. The van der Waals surface area contributed by atoms with Crippen LogP contribution in [-0.2, 0) is 10.0 Å². The number of hydrogen-bond acceptors (Lipinski definition) is 3. The number of rotatable bonds is 5. The lowest BCUT2D eigenvalue weighted by molar-refractivity contribution is 0.525. The molecule has 0 bridgehead atoms. The van der Waals surface area contributed by atoms with Crippen molar-refractivity contribution in [3.8, 4) is 0 Å². The van der Waals surface area contributed by atoms with Crippen LogP contribution < -0.4 is 10.5 Å². The van der Waals surface area contributed by atoms with Crippen LogP contribution in [0.3, 0.4) is 0 Å². The summed E-state index contributed by atoms with van der Waals surface area (Å²) in [4.78, 5) is -0.0398. The van der Waals surface area contributed by atoms with Crippen molar-refractivity contribution in [2.24, 2.45) is 11.7 Å². The molecule has 1 rings (SSSR count). The van der Waals surface area contributed by atoms with Crippen molar-refractivity contribution >= 4 is 27.2 Å². The Morgan fingerprint density at radius 1 is 1.42 bits per heavy atom. The third kappa shape index (κ3) is 3.95. The van der Waals surface area contributed by atoms with Gasteiger partial charge in [0.25, 0.3) is 0 Å². The van der Waals surface area contributed by atoms with Crippen LogP contribution >= 0.6 is 12.2 Å². The number of thiocarbonyl (C=S) groups is 1. The van der Waals surface area contributed by atoms with Gasteiger partial charge in [-0.15, -0.1) is 0 Å². The van der Waals surface area contributed by atoms with E-state index < -0.39 is 21.9 Å². The van der Waals surface area contributed by atoms with Gasteiger partial charge in [0.05, 0.1) is 15.9 Å². The lowest BCUT2D eigenvalue weighted by atomic mass is 10.1. The molecule has 0 radical (unpaired) electrons. The molecule has 1 unspecified atom stereocenters. The molecule has 0 aliphatic heterocycles. The minimum atomic E-state index is -3.86. The Kier molecular flexibility index (Phi) is 5.00. The molecule has 1 aromatic rings. The first-order valence-electron chi connectivity index (χ1n) is 5.73. The van der Waals surface area contributed by atoms with E-state index in [1.165, 1.54) is 12.1 Å². The number of nitrogens with one attached hydrogen (secondary N) is 1. The fourth-order valence-corrected chi connectivity index (χ4v) is 3.64. The van der Waals surface area contributed by atoms with E-state index in [9.17, 15) is 12.8 Å². The van der Waals surface area contributed by atoms with E-state index in [1.807, 2.05) is 0 Å². The monoisotopic (exact) mass is 304 g/mol. The molecule has 0 aliphatic rings. The second kappa shape index (κ2) is 5.94. The minimum absolute atomic E-state index is 0.0626. The minimum Gasteiger partial charge on any atom is -0.392 e. The molecule has 0 saturated carbocycles. The van der Waals surface area contributed by atoms with Crippen LogP contribution in [0.2, 0.25) is 0 Å². The van der Waals surface area contributed by atoms with E-state index in [0.717, 1.165) is 6.07 Å². The number of hydrogen-bond donors (Lipinski definition) is 2. The van der Waals surface area contributed by atoms with Gasteiger partial charge in [0.15, 0.2) is 0 Å². The Labute approximate surface area is 118 Å². The van der Waals surface area contributed by atoms with Gasteiger partial charge in [-0.1, -0.05) is 32.1 Å². The summed E-state index contributed by atoms with van der Waals surface area (Å²) >= 11 is 4.85. The van der Waals surface area contributed by atoms with Gasteiger partial charge >= 0.3 is 0 Å². The molecule has 0 amide bonds. The van der Waals surface area contributed by atoms with Crippen molar-refractivity contribution in [1.29, 1.82) is 0 Å². The molecule has 7 heteroatoms. The third-order valence-electron chi connectivity index (χ3n) is 2.70. The summed E-state index contributed by atoms with van der Waals surface area (Å²) in [5.74, 6) is -0.705. The van der Waals surface area contributed by atoms with Crippen LogP contribution in [0.4, 0.5) is 4.39 Å². The van der Waals surface area contributed by atoms with Crippen molar-refractivity contribution in [3.63, 3.8) is 0 Å². The van der Waals surface area contributed by atoms with Crippen LogP contribution in [0, 0.1) is 18.7 Å². The van der Waals surface area contributed by atoms with Gasteiger partial charge in [0, 0.05) is 0 Å². The fraction of sp³-hybridized carbons (Fsp3) is 0.417. The van der Waals surface area contributed by atoms with Crippen molar-refractivity contribution in [2.45, 2.75) is 31.7 Å². The van der Waals surface area contributed by atoms with Gasteiger partial charge in [-0.25, -0.2) is 17.5 Å². The molecule has 0 heterocycles. The molecule has 3 N–H and O–H groups in total. The second-order valence-corrected chi connectivity index (χ2v) is 6.81. The van der Waals surface area contributed by atoms with Crippen molar-refractivity contribution in [2.75, 3.05) is 0 Å². The summed E-state index contributed by atoms with van der Waals surface area (Å²) in [6, 6.07) is 2.94. The van der Waals surface area contributed by atoms with E-state index in [1.54, 1.807) is 20.8 Å². The van der Waals surface area contributed by atoms with Crippen LogP contribution in [0.25, 0.3) is 0 Å². The zero-order chi connectivity index (χ0) is 14.8. The summed E-state index contributed by atoms with van der Waals surface area (Å²) in [6.45, 7) is 5.19. The van der Waals surface area contributed by atoms with Gasteiger partial charge in [0.2, 0.25) is 10.0 Å². The first-order chi connectivity index (χ1) is 8.65. The van der Waals surface area contributed by atoms with Gasteiger partial charge in [-0.3, -0.25) is 0 Å². The summed E-state index contributed by atoms with van der Waals surface area (Å²) in [5.41, 5.74) is 5.98. The third-order valence-corrected chi connectivity index (χ3v) is 4.53. The zero-order valence-corrected chi connectivity index (χ0v) is 12.6. The van der Waals surface area contributed by atoms with E-state index in [4.69, 9.17) is 18.0 Å². The average molecular weight is 304 g/mol. The summed E-state index contributed by atoms with van der Waals surface area (Å²) in [7, 11) is -3.86. The molecular formula is C12H17FN2O2S2. The Morgan fingerprint density at radius 2 is 2.00 bits per heavy atom. The largest absolute Gasteiger partial charge is 0.392 e. The normalized spacial score (nSPS) is 13.5. The highest BCUT2D eigenvalue weighted by Gasteiger charge is 2.25. The van der Waals surface area contributed by atoms with E-state index in [-0.39, 0.29) is 15.8 Å². The maximum Gasteiger partial charge on any atom is 0.241 e. The van der Waals surface area contributed by atoms with E-state index in [0.29, 0.717) is 5.56 Å². The van der Waals surface area contributed by atoms with Crippen LogP contribution in [0.5, 0.6) is 0 Å². The highest BCUT2D eigenvalue weighted by atomic mass is 32.2. The SMILES string of the molecule is Cc1ccc(F)cc1S(=O)(=O)NC(C(N)=S)C(C)C. The Morgan fingerprint density at radius 3 is 2.47 bits per heavy atom. The predicted octanol–water partition coefficient (Wildman–Crippen LogP) is 1.72. The molecule has 4 nitrogen and oxygen atoms in total. The number of nitrogens with two attached hydrogens (primary N) is 1. The molecule has 0 aromatic heterocycles. The number of aryl methyl sites for hydroxylation is 1. The van der Waals surface area contributed by atoms with Crippen molar-refractivity contribution in [1.82, 2.24) is 4.72 Å². The molecule has 0 aliphatic carbocycles. The smallest absolute Gasteiger partial charge is 0.241 e. The summed E-state index contributed by atoms with van der Waals surface area (Å²) < 4.78 is 40.1. The van der Waals surface area contributed by atoms with Crippen LogP contribution in [0.1, 0.15) is 19.4 Å². The maximum atomic E-state index is 13.2. The molecule has 106 valence electrons. The Hall–Kier alpha value is -1.05. The predicted molar refractivity (Wildman–Crippen MR) is 76.9 cm³/mol. The lowest BCUT2D eigenvalue weighted by Crippen LogP contribution is -2.46. The van der Waals surface area contributed by atoms with Gasteiger partial charge in [0.1, 0.15) is 5.82 Å². The quantitative estimate of drug-likeness (QED) is 0.813. The Bertz CT molecular complexity index is 585. The second-order valence-electron chi connectivity index (χ2n) is 4.66. The molecule has 1 atom stereocenters. The first-order valence-corrected chi connectivity index (χ1v) is 7.62. The van der Waals surface area contributed by atoms with Gasteiger partial charge < -0.3 is 5.73 Å². The molecule has 1 aromatic carbocycles. The molecule has 19 heavy (non-hydrogen) atoms. The maximum absolute atomic E-state index is 13.2. The topological polar surface area (TPSA) is 72.2 Å². The summed E-state index contributed by atoms with van der Waals surface area (Å²) in [5, 5.41) is 0. The van der Waals surface area contributed by atoms with Crippen molar-refractivity contribution in [3.05, 3.63) is 29.6 Å². The number of halogens is 1. The highest BCUT2D eigenvalue weighted by Crippen LogP contribution is 2.17. The highest BCUT2D eigenvalue weighted by molar-refractivity contribution is 7.89. The molecular weight excluding hydrogens is 287 g/mol. The number of benzene rings is 1. The lowest BCUT2D eigenvalue weighted by Gasteiger charge is -2.21. The first kappa shape index (κ1) is 16.0. The fourth-order valence-electron chi connectivity index (χ4n) is 1.62. The molecule has 0 saturated heterocycles. The molecule has 0 spiro atoms. The summed E-state index contributed by atoms with van der Waals surface area (Å²) in [6.07, 6.45) is 0. The van der Waals surface area contributed by atoms with Gasteiger partial charge in [-0.2, -0.15) is 0 Å². The Balaban J connectivity index is 3.17. The average Bonchev–Trinajstić information content (AvgIpc) is 2.28.